The highest BCUT2D eigenvalue weighted by Gasteiger charge is 2.31. The topological polar surface area (TPSA) is 122 Å². The summed E-state index contributed by atoms with van der Waals surface area (Å²) in [5.74, 6) is -3.54. The van der Waals surface area contributed by atoms with Gasteiger partial charge < -0.3 is 25.7 Å². The molecule has 4 N–H and O–H groups in total. The third kappa shape index (κ3) is 9.18. The third-order valence-electron chi connectivity index (χ3n) is 5.67. The van der Waals surface area contributed by atoms with Gasteiger partial charge >= 0.3 is 18.1 Å². The number of carbonyl (C=O) groups excluding carboxylic acids is 1. The van der Waals surface area contributed by atoms with Crippen molar-refractivity contribution in [2.24, 2.45) is 0 Å². The van der Waals surface area contributed by atoms with E-state index in [2.05, 4.69) is 15.5 Å². The second-order valence-electron chi connectivity index (χ2n) is 8.13. The molecule has 9 nitrogen and oxygen atoms in total. The number of amides is 1. The molecule has 1 aromatic carbocycles. The molecular formula is C22H31F3N4O5. The van der Waals surface area contributed by atoms with E-state index in [9.17, 15) is 18.0 Å². The number of carbonyl (C=O) groups is 3. The second kappa shape index (κ2) is 13.1. The lowest BCUT2D eigenvalue weighted by Crippen LogP contribution is -2.46. The summed E-state index contributed by atoms with van der Waals surface area (Å²) in [5.41, 5.74) is 0.0417. The van der Waals surface area contributed by atoms with Crippen molar-refractivity contribution < 1.29 is 37.8 Å². The summed E-state index contributed by atoms with van der Waals surface area (Å²) in [5, 5.41) is 21.0. The Hall–Kier alpha value is -2.86. The molecule has 2 aliphatic rings. The van der Waals surface area contributed by atoms with E-state index in [0.29, 0.717) is 12.2 Å². The van der Waals surface area contributed by atoms with Gasteiger partial charge in [-0.05, 0) is 57.0 Å². The van der Waals surface area contributed by atoms with Gasteiger partial charge in [-0.2, -0.15) is 13.2 Å². The Kier molecular flexibility index (Phi) is 10.6. The molecule has 12 heteroatoms. The standard InChI is InChI=1S/C20H29F3N4O.C2H2O4/c21-20(22,23)16-5-3-6-17(15-16)27-13-11-26(12-14-27)10-2-1-8-25-19(28)18-7-4-9-24-18;3-1(4)2(5)6/h3,5-6,15,18,24H,1-2,4,7-14H2,(H,25,28);(H,3,4)(H,5,6). The van der Waals surface area contributed by atoms with Gasteiger partial charge in [-0.1, -0.05) is 6.07 Å². The van der Waals surface area contributed by atoms with Crippen molar-refractivity contribution in [3.63, 3.8) is 0 Å². The van der Waals surface area contributed by atoms with Crippen molar-refractivity contribution in [2.75, 3.05) is 50.7 Å². The Morgan fingerprint density at radius 2 is 1.74 bits per heavy atom. The van der Waals surface area contributed by atoms with Crippen LogP contribution in [0, 0.1) is 0 Å². The molecule has 0 radical (unpaired) electrons. The van der Waals surface area contributed by atoms with E-state index < -0.39 is 23.7 Å². The fourth-order valence-corrected chi connectivity index (χ4v) is 3.81. The normalized spacial score (nSPS) is 18.7. The Morgan fingerprint density at radius 1 is 1.06 bits per heavy atom. The predicted octanol–water partition coefficient (Wildman–Crippen LogP) is 1.63. The summed E-state index contributed by atoms with van der Waals surface area (Å²) in [6.45, 7) is 5.71. The van der Waals surface area contributed by atoms with Crippen LogP contribution < -0.4 is 15.5 Å². The number of hydrogen-bond acceptors (Lipinski definition) is 6. The minimum Gasteiger partial charge on any atom is -0.473 e. The number of hydrogen-bond donors (Lipinski definition) is 4. The second-order valence-corrected chi connectivity index (χ2v) is 8.13. The summed E-state index contributed by atoms with van der Waals surface area (Å²) < 4.78 is 38.6. The summed E-state index contributed by atoms with van der Waals surface area (Å²) >= 11 is 0. The Balaban J connectivity index is 0.000000604. The molecule has 1 amide bonds. The zero-order chi connectivity index (χ0) is 25.1. The van der Waals surface area contributed by atoms with Crippen molar-refractivity contribution in [1.29, 1.82) is 0 Å². The van der Waals surface area contributed by atoms with Crippen LogP contribution in [-0.4, -0.2) is 84.8 Å². The van der Waals surface area contributed by atoms with E-state index in [1.54, 1.807) is 6.07 Å². The van der Waals surface area contributed by atoms with Gasteiger partial charge in [0.15, 0.2) is 0 Å². The van der Waals surface area contributed by atoms with Gasteiger partial charge in [0, 0.05) is 38.4 Å². The van der Waals surface area contributed by atoms with Crippen molar-refractivity contribution in [1.82, 2.24) is 15.5 Å². The number of carboxylic acid groups (broad SMARTS) is 2. The molecule has 2 aliphatic heterocycles. The monoisotopic (exact) mass is 488 g/mol. The van der Waals surface area contributed by atoms with Crippen LogP contribution >= 0.6 is 0 Å². The Bertz CT molecular complexity index is 811. The quantitative estimate of drug-likeness (QED) is 0.338. The van der Waals surface area contributed by atoms with Crippen LogP contribution in [0.5, 0.6) is 0 Å². The third-order valence-corrected chi connectivity index (χ3v) is 5.67. The maximum absolute atomic E-state index is 12.9. The van der Waals surface area contributed by atoms with Crippen LogP contribution in [-0.2, 0) is 20.6 Å². The number of nitrogens with one attached hydrogen (secondary N) is 2. The lowest BCUT2D eigenvalue weighted by atomic mass is 10.1. The number of alkyl halides is 3. The molecule has 2 fully saturated rings. The van der Waals surface area contributed by atoms with Gasteiger partial charge in [0.1, 0.15) is 0 Å². The largest absolute Gasteiger partial charge is 0.473 e. The van der Waals surface area contributed by atoms with Gasteiger partial charge in [-0.25, -0.2) is 9.59 Å². The zero-order valence-electron chi connectivity index (χ0n) is 18.8. The zero-order valence-corrected chi connectivity index (χ0v) is 18.8. The molecular weight excluding hydrogens is 457 g/mol. The minimum atomic E-state index is -4.30. The van der Waals surface area contributed by atoms with Crippen molar-refractivity contribution >= 4 is 23.5 Å². The Morgan fingerprint density at radius 3 is 2.29 bits per heavy atom. The van der Waals surface area contributed by atoms with Crippen LogP contribution in [0.3, 0.4) is 0 Å². The number of rotatable bonds is 7. The lowest BCUT2D eigenvalue weighted by Gasteiger charge is -2.36. The smallest absolute Gasteiger partial charge is 0.416 e. The highest BCUT2D eigenvalue weighted by Crippen LogP contribution is 2.31. The molecule has 0 spiro atoms. The van der Waals surface area contributed by atoms with E-state index in [0.717, 1.165) is 71.0 Å². The molecule has 1 unspecified atom stereocenters. The molecule has 0 bridgehead atoms. The molecule has 2 heterocycles. The van der Waals surface area contributed by atoms with Gasteiger partial charge in [0.2, 0.25) is 5.91 Å². The van der Waals surface area contributed by atoms with Gasteiger partial charge in [0.05, 0.1) is 11.6 Å². The van der Waals surface area contributed by atoms with Crippen LogP contribution in [0.1, 0.15) is 31.2 Å². The first-order chi connectivity index (χ1) is 16.1. The lowest BCUT2D eigenvalue weighted by molar-refractivity contribution is -0.159. The minimum absolute atomic E-state index is 0.0241. The number of halogens is 3. The summed E-state index contributed by atoms with van der Waals surface area (Å²) in [7, 11) is 0. The van der Waals surface area contributed by atoms with Gasteiger partial charge in [-0.15, -0.1) is 0 Å². The molecule has 1 aromatic rings. The SMILES string of the molecule is O=C(NCCCCN1CCN(c2cccc(C(F)(F)F)c2)CC1)C1CCCN1.O=C(O)C(=O)O. The Labute approximate surface area is 195 Å². The van der Waals surface area contributed by atoms with Gasteiger partial charge in [0.25, 0.3) is 0 Å². The number of piperazine rings is 1. The molecule has 0 saturated carbocycles. The highest BCUT2D eigenvalue weighted by atomic mass is 19.4. The number of aliphatic carboxylic acids is 2. The van der Waals surface area contributed by atoms with Crippen LogP contribution in [0.2, 0.25) is 0 Å². The predicted molar refractivity (Wildman–Crippen MR) is 119 cm³/mol. The fraction of sp³-hybridized carbons (Fsp3) is 0.591. The molecule has 190 valence electrons. The average molecular weight is 489 g/mol. The summed E-state index contributed by atoms with van der Waals surface area (Å²) in [4.78, 5) is 34.5. The van der Waals surface area contributed by atoms with E-state index in [1.807, 2.05) is 4.90 Å². The maximum atomic E-state index is 12.9. The number of carboxylic acids is 2. The van der Waals surface area contributed by atoms with Gasteiger partial charge in [-0.3, -0.25) is 9.69 Å². The molecule has 0 aromatic heterocycles. The van der Waals surface area contributed by atoms with Crippen molar-refractivity contribution in [3.05, 3.63) is 29.8 Å². The van der Waals surface area contributed by atoms with E-state index in [4.69, 9.17) is 19.8 Å². The number of nitrogens with zero attached hydrogens (tertiary/aromatic N) is 2. The highest BCUT2D eigenvalue weighted by molar-refractivity contribution is 6.27. The number of anilines is 1. The van der Waals surface area contributed by atoms with Crippen molar-refractivity contribution in [2.45, 2.75) is 37.9 Å². The van der Waals surface area contributed by atoms with E-state index in [1.165, 1.54) is 12.1 Å². The molecule has 1 atom stereocenters. The van der Waals surface area contributed by atoms with Crippen LogP contribution in [0.25, 0.3) is 0 Å². The summed E-state index contributed by atoms with van der Waals surface area (Å²) in [6, 6.07) is 5.54. The molecule has 0 aliphatic carbocycles. The average Bonchev–Trinajstić information content (AvgIpc) is 3.34. The first-order valence-electron chi connectivity index (χ1n) is 11.2. The fourth-order valence-electron chi connectivity index (χ4n) is 3.81. The van der Waals surface area contributed by atoms with E-state index in [-0.39, 0.29) is 11.9 Å². The number of benzene rings is 1. The first-order valence-corrected chi connectivity index (χ1v) is 11.2. The molecule has 3 rings (SSSR count). The van der Waals surface area contributed by atoms with Crippen molar-refractivity contribution in [3.8, 4) is 0 Å². The number of unbranched alkanes of at least 4 members (excludes halogenated alkanes) is 1. The summed E-state index contributed by atoms with van der Waals surface area (Å²) in [6.07, 6.45) is -0.387. The van der Waals surface area contributed by atoms with Crippen LogP contribution in [0.4, 0.5) is 18.9 Å². The van der Waals surface area contributed by atoms with Crippen LogP contribution in [0.15, 0.2) is 24.3 Å². The van der Waals surface area contributed by atoms with E-state index >= 15 is 0 Å². The molecule has 2 saturated heterocycles. The first kappa shape index (κ1) is 27.4. The molecule has 34 heavy (non-hydrogen) atoms. The maximum Gasteiger partial charge on any atom is 0.416 e.